The Morgan fingerprint density at radius 2 is 1.24 bits per heavy atom. The van der Waals surface area contributed by atoms with E-state index in [1.165, 1.54) is 66.2 Å². The first kappa shape index (κ1) is 42.1. The van der Waals surface area contributed by atoms with Gasteiger partial charge in [0.1, 0.15) is 32.3 Å². The lowest BCUT2D eigenvalue weighted by molar-refractivity contribution is -0.141. The Bertz CT molecular complexity index is 2210. The van der Waals surface area contributed by atoms with Gasteiger partial charge >= 0.3 is 11.9 Å². The summed E-state index contributed by atoms with van der Waals surface area (Å²) in [6, 6.07) is 6.07. The van der Waals surface area contributed by atoms with Gasteiger partial charge in [0.25, 0.3) is 0 Å². The van der Waals surface area contributed by atoms with Crippen LogP contribution in [-0.4, -0.2) is 52.9 Å². The van der Waals surface area contributed by atoms with Crippen LogP contribution in [0.4, 0.5) is 5.82 Å². The molecular formula is C44H54ClN5O6S2. The normalized spacial score (nSPS) is 14.1. The standard InChI is InChI=1S/C26H31N3O4S.C18H23ClN2O2S/c1-31-23(30)11-5-3-2-4-10-22-28-25(24-18-8-6-7-9-21(18)34-26(24)29-22)27-15-17-12-13-19-20(14-17)33-16-32-19;1-23-15(22)11-5-3-2-4-10-14-20-17(19)16-12-8-6-7-9-13(12)24-18(16)21-14/h12-14H,2-11,15-16H2,1H3,(H,27,28,29);2-11H2,1H3. The third-order valence-corrected chi connectivity index (χ3v) is 13.7. The molecule has 0 unspecified atom stereocenters. The first-order chi connectivity index (χ1) is 28.4. The van der Waals surface area contributed by atoms with E-state index in [9.17, 15) is 9.59 Å². The van der Waals surface area contributed by atoms with Crippen molar-refractivity contribution in [1.82, 2.24) is 19.9 Å². The van der Waals surface area contributed by atoms with Crippen LogP contribution in [-0.2, 0) is 64.1 Å². The molecule has 1 N–H and O–H groups in total. The highest BCUT2D eigenvalue weighted by Gasteiger charge is 2.23. The summed E-state index contributed by atoms with van der Waals surface area (Å²) in [4.78, 5) is 46.6. The molecule has 0 atom stereocenters. The molecule has 0 radical (unpaired) electrons. The van der Waals surface area contributed by atoms with E-state index in [1.807, 2.05) is 23.5 Å². The number of fused-ring (bicyclic) bond motifs is 7. The first-order valence-electron chi connectivity index (χ1n) is 20.9. The predicted octanol–water partition coefficient (Wildman–Crippen LogP) is 10.5. The molecule has 0 amide bonds. The topological polar surface area (TPSA) is 135 Å². The molecule has 58 heavy (non-hydrogen) atoms. The lowest BCUT2D eigenvalue weighted by Gasteiger charge is -2.14. The summed E-state index contributed by atoms with van der Waals surface area (Å²) in [7, 11) is 2.87. The van der Waals surface area contributed by atoms with Gasteiger partial charge in [-0.2, -0.15) is 0 Å². The lowest BCUT2D eigenvalue weighted by atomic mass is 9.97. The molecule has 4 aromatic heterocycles. The highest BCUT2D eigenvalue weighted by molar-refractivity contribution is 7.19. The number of halogens is 1. The van der Waals surface area contributed by atoms with Crippen LogP contribution in [0.25, 0.3) is 20.4 Å². The van der Waals surface area contributed by atoms with E-state index in [-0.39, 0.29) is 18.7 Å². The molecule has 11 nitrogen and oxygen atoms in total. The minimum atomic E-state index is -0.131. The van der Waals surface area contributed by atoms with Crippen LogP contribution >= 0.6 is 34.3 Å². The number of aryl methyl sites for hydroxylation is 6. The molecule has 0 saturated carbocycles. The van der Waals surface area contributed by atoms with Crippen molar-refractivity contribution < 1.29 is 28.5 Å². The van der Waals surface area contributed by atoms with Gasteiger partial charge in [0, 0.05) is 42.0 Å². The van der Waals surface area contributed by atoms with Crippen molar-refractivity contribution in [2.45, 2.75) is 135 Å². The van der Waals surface area contributed by atoms with Gasteiger partial charge in [0.2, 0.25) is 6.79 Å². The van der Waals surface area contributed by atoms with Crippen molar-refractivity contribution in [1.29, 1.82) is 0 Å². The Labute approximate surface area is 353 Å². The number of rotatable bonds is 17. The van der Waals surface area contributed by atoms with Crippen LogP contribution < -0.4 is 14.8 Å². The van der Waals surface area contributed by atoms with Crippen molar-refractivity contribution in [2.75, 3.05) is 26.3 Å². The van der Waals surface area contributed by atoms with Crippen molar-refractivity contribution >= 4 is 72.5 Å². The smallest absolute Gasteiger partial charge is 0.305 e. The van der Waals surface area contributed by atoms with Crippen molar-refractivity contribution in [3.05, 3.63) is 61.4 Å². The number of nitrogens with one attached hydrogen (secondary N) is 1. The molecule has 0 fully saturated rings. The largest absolute Gasteiger partial charge is 0.469 e. The van der Waals surface area contributed by atoms with Crippen molar-refractivity contribution in [3.8, 4) is 11.5 Å². The van der Waals surface area contributed by atoms with Gasteiger partial charge in [0.05, 0.1) is 25.0 Å². The molecule has 5 heterocycles. The molecule has 0 bridgehead atoms. The number of unbranched alkanes of at least 4 members (excludes halogenated alkanes) is 6. The molecule has 8 rings (SSSR count). The number of methoxy groups -OCH3 is 2. The van der Waals surface area contributed by atoms with Crippen molar-refractivity contribution in [2.24, 2.45) is 0 Å². The molecule has 1 aliphatic heterocycles. The first-order valence-corrected chi connectivity index (χ1v) is 22.9. The van der Waals surface area contributed by atoms with E-state index < -0.39 is 0 Å². The summed E-state index contributed by atoms with van der Waals surface area (Å²) in [5, 5.41) is 6.54. The molecule has 14 heteroatoms. The van der Waals surface area contributed by atoms with Gasteiger partial charge in [-0.3, -0.25) is 9.59 Å². The molecule has 5 aromatic rings. The zero-order valence-corrected chi connectivity index (χ0v) is 36.1. The van der Waals surface area contributed by atoms with Gasteiger partial charge in [-0.05, 0) is 106 Å². The average Bonchev–Trinajstić information content (AvgIpc) is 3.97. The fourth-order valence-electron chi connectivity index (χ4n) is 7.96. The van der Waals surface area contributed by atoms with Crippen LogP contribution in [0.3, 0.4) is 0 Å². The van der Waals surface area contributed by atoms with Crippen LogP contribution in [0.15, 0.2) is 18.2 Å². The van der Waals surface area contributed by atoms with Gasteiger partial charge in [-0.25, -0.2) is 19.9 Å². The fourth-order valence-corrected chi connectivity index (χ4v) is 10.9. The Kier molecular flexibility index (Phi) is 15.1. The highest BCUT2D eigenvalue weighted by Crippen LogP contribution is 2.40. The third-order valence-electron chi connectivity index (χ3n) is 11.1. The Morgan fingerprint density at radius 3 is 1.88 bits per heavy atom. The summed E-state index contributed by atoms with van der Waals surface area (Å²) in [6.45, 7) is 0.951. The number of nitrogens with zero attached hydrogens (tertiary/aromatic N) is 4. The molecule has 3 aliphatic rings. The van der Waals surface area contributed by atoms with Crippen LogP contribution in [0, 0.1) is 0 Å². The summed E-state index contributed by atoms with van der Waals surface area (Å²) >= 11 is 10.1. The second kappa shape index (κ2) is 20.8. The number of aromatic nitrogens is 4. The number of thiophene rings is 2. The maximum Gasteiger partial charge on any atom is 0.305 e. The monoisotopic (exact) mass is 847 g/mol. The van der Waals surface area contributed by atoms with Gasteiger partial charge in [0.15, 0.2) is 11.5 Å². The second-order valence-electron chi connectivity index (χ2n) is 15.2. The van der Waals surface area contributed by atoms with Crippen LogP contribution in [0.5, 0.6) is 11.5 Å². The minimum absolute atomic E-state index is 0.128. The average molecular weight is 849 g/mol. The van der Waals surface area contributed by atoms with Crippen LogP contribution in [0.1, 0.15) is 128 Å². The molecule has 0 spiro atoms. The number of hydrogen-bond acceptors (Lipinski definition) is 13. The Balaban J connectivity index is 0.000000188. The lowest BCUT2D eigenvalue weighted by Crippen LogP contribution is -2.07. The number of anilines is 1. The zero-order chi connectivity index (χ0) is 40.3. The van der Waals surface area contributed by atoms with Gasteiger partial charge < -0.3 is 24.3 Å². The van der Waals surface area contributed by atoms with E-state index in [4.69, 9.17) is 40.8 Å². The number of carbonyl (C=O) groups excluding carboxylic acids is 2. The predicted molar refractivity (Wildman–Crippen MR) is 231 cm³/mol. The SMILES string of the molecule is COC(=O)CCCCCCc1nc(Cl)c2c3c(sc2n1)CCCC3.COC(=O)CCCCCCc1nc(NCc2ccc3c(c2)OCO3)c2c3c(sc2n1)CCCC3. The number of benzene rings is 1. The summed E-state index contributed by atoms with van der Waals surface area (Å²) in [5.41, 5.74) is 3.96. The third kappa shape index (κ3) is 10.8. The minimum Gasteiger partial charge on any atom is -0.469 e. The highest BCUT2D eigenvalue weighted by atomic mass is 35.5. The summed E-state index contributed by atoms with van der Waals surface area (Å²) in [6.07, 6.45) is 20.1. The van der Waals surface area contributed by atoms with E-state index in [2.05, 4.69) is 21.1 Å². The summed E-state index contributed by atoms with van der Waals surface area (Å²) < 4.78 is 20.3. The Hall–Kier alpha value is -4.07. The number of carbonyl (C=O) groups is 2. The van der Waals surface area contributed by atoms with E-state index in [0.29, 0.717) is 24.5 Å². The number of ether oxygens (including phenoxy) is 4. The van der Waals surface area contributed by atoms with Gasteiger partial charge in [-0.15, -0.1) is 22.7 Å². The molecule has 0 saturated heterocycles. The molecule has 310 valence electrons. The maximum atomic E-state index is 11.3. The van der Waals surface area contributed by atoms with E-state index in [0.717, 1.165) is 139 Å². The fraction of sp³-hybridized carbons (Fsp3) is 0.545. The van der Waals surface area contributed by atoms with Gasteiger partial charge in [-0.1, -0.05) is 43.4 Å². The van der Waals surface area contributed by atoms with Crippen molar-refractivity contribution in [3.63, 3.8) is 0 Å². The van der Waals surface area contributed by atoms with E-state index in [1.54, 1.807) is 11.3 Å². The number of esters is 2. The number of hydrogen-bond donors (Lipinski definition) is 1. The van der Waals surface area contributed by atoms with E-state index >= 15 is 0 Å². The molecule has 1 aromatic carbocycles. The maximum absolute atomic E-state index is 11.3. The zero-order valence-electron chi connectivity index (χ0n) is 33.7. The molecule has 2 aliphatic carbocycles. The Morgan fingerprint density at radius 1 is 0.690 bits per heavy atom. The second-order valence-corrected chi connectivity index (χ2v) is 17.7. The van der Waals surface area contributed by atoms with Crippen LogP contribution in [0.2, 0.25) is 5.15 Å². The summed E-state index contributed by atoms with van der Waals surface area (Å²) in [5.74, 6) is 4.03. The quantitative estimate of drug-likeness (QED) is 0.0544. The molecular weight excluding hydrogens is 794 g/mol.